The number of hydrogen-bond donors (Lipinski definition) is 1. The summed E-state index contributed by atoms with van der Waals surface area (Å²) in [5.41, 5.74) is 1.57. The van der Waals surface area contributed by atoms with Crippen LogP contribution in [0.25, 0.3) is 0 Å². The van der Waals surface area contributed by atoms with E-state index in [4.69, 9.17) is 4.74 Å². The fourth-order valence-corrected chi connectivity index (χ4v) is 3.23. The van der Waals surface area contributed by atoms with Gasteiger partial charge in [-0.05, 0) is 50.4 Å². The van der Waals surface area contributed by atoms with Crippen LogP contribution < -0.4 is 10.1 Å². The number of hydrogen-bond acceptors (Lipinski definition) is 2. The minimum Gasteiger partial charge on any atom is -0.494 e. The van der Waals surface area contributed by atoms with Crippen LogP contribution in [-0.4, -0.2) is 13.2 Å². The molecule has 1 heterocycles. The molecule has 1 aromatic rings. The molecule has 0 amide bonds. The van der Waals surface area contributed by atoms with Crippen molar-refractivity contribution in [3.8, 4) is 5.75 Å². The molecule has 0 aliphatic carbocycles. The van der Waals surface area contributed by atoms with Gasteiger partial charge in [0.2, 0.25) is 0 Å². The molecular formula is C17H27NO. The van der Waals surface area contributed by atoms with Gasteiger partial charge in [-0.25, -0.2) is 0 Å². The van der Waals surface area contributed by atoms with Gasteiger partial charge >= 0.3 is 0 Å². The highest BCUT2D eigenvalue weighted by molar-refractivity contribution is 5.33. The summed E-state index contributed by atoms with van der Waals surface area (Å²) in [5, 5.41) is 3.83. The third kappa shape index (κ3) is 3.50. The van der Waals surface area contributed by atoms with E-state index in [0.717, 1.165) is 18.9 Å². The fourth-order valence-electron chi connectivity index (χ4n) is 3.23. The largest absolute Gasteiger partial charge is 0.494 e. The highest BCUT2D eigenvalue weighted by Crippen LogP contribution is 2.35. The van der Waals surface area contributed by atoms with Crippen molar-refractivity contribution < 1.29 is 4.74 Å². The van der Waals surface area contributed by atoms with Gasteiger partial charge in [0, 0.05) is 5.54 Å². The standard InChI is InChI=1S/C17H27NO/c1-3-11-17(12-6-5-7-13-18-17)15-9-8-10-16(14-15)19-4-2/h8-10,14,18H,3-7,11-13H2,1-2H3. The zero-order valence-corrected chi connectivity index (χ0v) is 12.4. The Hall–Kier alpha value is -1.02. The molecule has 1 atom stereocenters. The predicted molar refractivity (Wildman–Crippen MR) is 80.7 cm³/mol. The van der Waals surface area contributed by atoms with E-state index in [0.29, 0.717) is 0 Å². The van der Waals surface area contributed by atoms with E-state index in [-0.39, 0.29) is 5.54 Å². The zero-order valence-electron chi connectivity index (χ0n) is 12.4. The van der Waals surface area contributed by atoms with Crippen LogP contribution in [-0.2, 0) is 5.54 Å². The minimum atomic E-state index is 0.165. The van der Waals surface area contributed by atoms with Crippen molar-refractivity contribution in [3.63, 3.8) is 0 Å². The summed E-state index contributed by atoms with van der Waals surface area (Å²) in [5.74, 6) is 1.00. The molecule has 0 aromatic heterocycles. The average Bonchev–Trinajstić information content (AvgIpc) is 2.67. The van der Waals surface area contributed by atoms with Gasteiger partial charge in [-0.3, -0.25) is 0 Å². The summed E-state index contributed by atoms with van der Waals surface area (Å²) in [6, 6.07) is 8.68. The molecule has 2 nitrogen and oxygen atoms in total. The molecule has 0 bridgehead atoms. The molecular weight excluding hydrogens is 234 g/mol. The second-order valence-electron chi connectivity index (χ2n) is 5.53. The first-order valence-corrected chi connectivity index (χ1v) is 7.79. The van der Waals surface area contributed by atoms with Gasteiger partial charge in [0.25, 0.3) is 0 Å². The fraction of sp³-hybridized carbons (Fsp3) is 0.647. The molecule has 1 fully saturated rings. The van der Waals surface area contributed by atoms with E-state index >= 15 is 0 Å². The van der Waals surface area contributed by atoms with Gasteiger partial charge in [-0.2, -0.15) is 0 Å². The first-order valence-electron chi connectivity index (χ1n) is 7.79. The van der Waals surface area contributed by atoms with Crippen LogP contribution in [0, 0.1) is 0 Å². The summed E-state index contributed by atoms with van der Waals surface area (Å²) in [6.07, 6.45) is 7.65. The summed E-state index contributed by atoms with van der Waals surface area (Å²) < 4.78 is 5.66. The molecule has 1 unspecified atom stereocenters. The third-order valence-electron chi connectivity index (χ3n) is 4.12. The Balaban J connectivity index is 2.28. The van der Waals surface area contributed by atoms with Crippen molar-refractivity contribution in [1.82, 2.24) is 5.32 Å². The van der Waals surface area contributed by atoms with Crippen molar-refractivity contribution in [2.45, 2.75) is 57.9 Å². The Kier molecular flexibility index (Phi) is 5.26. The quantitative estimate of drug-likeness (QED) is 0.855. The predicted octanol–water partition coefficient (Wildman–Crippen LogP) is 4.24. The van der Waals surface area contributed by atoms with Crippen LogP contribution in [0.4, 0.5) is 0 Å². The molecule has 1 aromatic carbocycles. The van der Waals surface area contributed by atoms with Gasteiger partial charge in [-0.15, -0.1) is 0 Å². The van der Waals surface area contributed by atoms with E-state index in [2.05, 4.69) is 36.5 Å². The smallest absolute Gasteiger partial charge is 0.119 e. The Bertz CT molecular complexity index is 381. The molecule has 106 valence electrons. The van der Waals surface area contributed by atoms with E-state index in [9.17, 15) is 0 Å². The van der Waals surface area contributed by atoms with Crippen LogP contribution >= 0.6 is 0 Å². The molecule has 1 saturated heterocycles. The normalized spacial score (nSPS) is 23.9. The van der Waals surface area contributed by atoms with Crippen LogP contribution in [0.2, 0.25) is 0 Å². The van der Waals surface area contributed by atoms with Crippen LogP contribution in [0.15, 0.2) is 24.3 Å². The first-order chi connectivity index (χ1) is 9.30. The van der Waals surface area contributed by atoms with Gasteiger partial charge in [0.05, 0.1) is 6.61 Å². The second kappa shape index (κ2) is 6.95. The van der Waals surface area contributed by atoms with Gasteiger partial charge in [0.15, 0.2) is 0 Å². The molecule has 0 radical (unpaired) electrons. The van der Waals surface area contributed by atoms with E-state index in [1.165, 1.54) is 44.1 Å². The Morgan fingerprint density at radius 1 is 1.21 bits per heavy atom. The van der Waals surface area contributed by atoms with E-state index in [1.54, 1.807) is 0 Å². The van der Waals surface area contributed by atoms with Crippen molar-refractivity contribution in [3.05, 3.63) is 29.8 Å². The summed E-state index contributed by atoms with van der Waals surface area (Å²) >= 11 is 0. The van der Waals surface area contributed by atoms with Crippen molar-refractivity contribution in [2.75, 3.05) is 13.2 Å². The first kappa shape index (κ1) is 14.4. The zero-order chi connectivity index (χ0) is 13.6. The molecule has 1 aliphatic rings. The number of ether oxygens (including phenoxy) is 1. The maximum absolute atomic E-state index is 5.66. The Morgan fingerprint density at radius 2 is 2.11 bits per heavy atom. The minimum absolute atomic E-state index is 0.165. The topological polar surface area (TPSA) is 21.3 Å². The molecule has 1 aliphatic heterocycles. The number of nitrogens with one attached hydrogen (secondary N) is 1. The summed E-state index contributed by atoms with van der Waals surface area (Å²) in [6.45, 7) is 6.19. The van der Waals surface area contributed by atoms with Gasteiger partial charge in [-0.1, -0.05) is 38.3 Å². The molecule has 0 spiro atoms. The van der Waals surface area contributed by atoms with Crippen LogP contribution in [0.5, 0.6) is 5.75 Å². The average molecular weight is 261 g/mol. The highest BCUT2D eigenvalue weighted by atomic mass is 16.5. The molecule has 2 rings (SSSR count). The maximum Gasteiger partial charge on any atom is 0.119 e. The molecule has 1 N–H and O–H groups in total. The lowest BCUT2D eigenvalue weighted by atomic mass is 9.82. The van der Waals surface area contributed by atoms with Gasteiger partial charge in [0.1, 0.15) is 5.75 Å². The third-order valence-corrected chi connectivity index (χ3v) is 4.12. The number of rotatable bonds is 5. The lowest BCUT2D eigenvalue weighted by Gasteiger charge is -2.34. The second-order valence-corrected chi connectivity index (χ2v) is 5.53. The SMILES string of the molecule is CCCC1(c2cccc(OCC)c2)CCCCCN1. The van der Waals surface area contributed by atoms with Crippen LogP contribution in [0.3, 0.4) is 0 Å². The summed E-state index contributed by atoms with van der Waals surface area (Å²) in [4.78, 5) is 0. The Labute approximate surface area is 117 Å². The van der Waals surface area contributed by atoms with Crippen molar-refractivity contribution in [1.29, 1.82) is 0 Å². The molecule has 19 heavy (non-hydrogen) atoms. The van der Waals surface area contributed by atoms with Crippen molar-refractivity contribution >= 4 is 0 Å². The monoisotopic (exact) mass is 261 g/mol. The van der Waals surface area contributed by atoms with Gasteiger partial charge < -0.3 is 10.1 Å². The van der Waals surface area contributed by atoms with Crippen molar-refractivity contribution in [2.24, 2.45) is 0 Å². The van der Waals surface area contributed by atoms with E-state index in [1.807, 2.05) is 6.92 Å². The highest BCUT2D eigenvalue weighted by Gasteiger charge is 2.31. The molecule has 0 saturated carbocycles. The van der Waals surface area contributed by atoms with E-state index < -0.39 is 0 Å². The lowest BCUT2D eigenvalue weighted by molar-refractivity contribution is 0.293. The number of benzene rings is 1. The maximum atomic E-state index is 5.66. The summed E-state index contributed by atoms with van der Waals surface area (Å²) in [7, 11) is 0. The lowest BCUT2D eigenvalue weighted by Crippen LogP contribution is -2.41. The van der Waals surface area contributed by atoms with Crippen LogP contribution in [0.1, 0.15) is 57.9 Å². The molecule has 2 heteroatoms. The Morgan fingerprint density at radius 3 is 2.89 bits per heavy atom.